The number of hydrogen-bond donors (Lipinski definition) is 1. The molecule has 0 aliphatic carbocycles. The van der Waals surface area contributed by atoms with Crippen LogP contribution in [0.4, 0.5) is 4.39 Å². The lowest BCUT2D eigenvalue weighted by Crippen LogP contribution is -2.56. The topological polar surface area (TPSA) is 67.2 Å². The number of likely N-dealkylation sites (tertiary alicyclic amines) is 1. The smallest absolute Gasteiger partial charge is 0.275 e. The zero-order chi connectivity index (χ0) is 22.1. The fourth-order valence-corrected chi connectivity index (χ4v) is 4.22. The van der Waals surface area contributed by atoms with Crippen molar-refractivity contribution >= 4 is 5.91 Å². The van der Waals surface area contributed by atoms with Crippen molar-refractivity contribution in [3.63, 3.8) is 0 Å². The summed E-state index contributed by atoms with van der Waals surface area (Å²) in [6.45, 7) is 12.7. The van der Waals surface area contributed by atoms with E-state index < -0.39 is 17.2 Å². The molecule has 2 atom stereocenters. The number of aromatic nitrogens is 2. The Morgan fingerprint density at radius 1 is 1.23 bits per heavy atom. The second-order valence-corrected chi connectivity index (χ2v) is 9.21. The highest BCUT2D eigenvalue weighted by Gasteiger charge is 2.33. The lowest BCUT2D eigenvalue weighted by molar-refractivity contribution is 0.0444. The first-order valence-electron chi connectivity index (χ1n) is 10.5. The molecule has 0 bridgehead atoms. The second kappa shape index (κ2) is 8.68. The first-order valence-corrected chi connectivity index (χ1v) is 10.5. The highest BCUT2D eigenvalue weighted by atomic mass is 19.1. The van der Waals surface area contributed by atoms with Crippen LogP contribution in [0.3, 0.4) is 0 Å². The standard InChI is InChI=1S/C23H31FN4O2/c1-15-10-16(2)13-27(12-15)23(4,5)14-25-22(30)21-20(29)11-17(3)28(26-21)19-9-7-6-8-18(19)24/h6-9,11,15-16H,10,12-14H2,1-5H3,(H,25,30). The summed E-state index contributed by atoms with van der Waals surface area (Å²) in [6.07, 6.45) is 1.21. The number of carbonyl (C=O) groups is 1. The van der Waals surface area contributed by atoms with Gasteiger partial charge in [0.1, 0.15) is 11.5 Å². The highest BCUT2D eigenvalue weighted by molar-refractivity contribution is 5.92. The summed E-state index contributed by atoms with van der Waals surface area (Å²) in [7, 11) is 0. The number of para-hydroxylation sites is 1. The van der Waals surface area contributed by atoms with Gasteiger partial charge in [0.25, 0.3) is 5.91 Å². The molecule has 1 fully saturated rings. The van der Waals surface area contributed by atoms with Crippen molar-refractivity contribution in [1.29, 1.82) is 0 Å². The fraction of sp³-hybridized carbons (Fsp3) is 0.522. The van der Waals surface area contributed by atoms with Gasteiger partial charge in [0.15, 0.2) is 5.69 Å². The molecule has 0 radical (unpaired) electrons. The minimum atomic E-state index is -0.545. The Balaban J connectivity index is 1.79. The normalized spacial score (nSPS) is 20.2. The maximum Gasteiger partial charge on any atom is 0.275 e. The van der Waals surface area contributed by atoms with Crippen LogP contribution < -0.4 is 10.7 Å². The van der Waals surface area contributed by atoms with E-state index in [0.29, 0.717) is 24.1 Å². The molecule has 1 aliphatic heterocycles. The summed E-state index contributed by atoms with van der Waals surface area (Å²) in [6, 6.07) is 7.45. The molecule has 1 aromatic heterocycles. The molecule has 1 N–H and O–H groups in total. The molecule has 2 aromatic rings. The number of benzene rings is 1. The molecular formula is C23H31FN4O2. The molecule has 2 unspecified atom stereocenters. The van der Waals surface area contributed by atoms with Gasteiger partial charge in [0, 0.05) is 36.9 Å². The van der Waals surface area contributed by atoms with Gasteiger partial charge in [-0.15, -0.1) is 0 Å². The van der Waals surface area contributed by atoms with E-state index in [1.165, 1.54) is 23.2 Å². The van der Waals surface area contributed by atoms with E-state index in [2.05, 4.69) is 43.0 Å². The van der Waals surface area contributed by atoms with Crippen LogP contribution in [0.5, 0.6) is 0 Å². The Morgan fingerprint density at radius 3 is 2.50 bits per heavy atom. The van der Waals surface area contributed by atoms with Crippen molar-refractivity contribution in [3.05, 3.63) is 57.8 Å². The van der Waals surface area contributed by atoms with E-state index in [9.17, 15) is 14.0 Å². The molecule has 30 heavy (non-hydrogen) atoms. The maximum atomic E-state index is 14.2. The van der Waals surface area contributed by atoms with Crippen molar-refractivity contribution in [2.75, 3.05) is 19.6 Å². The summed E-state index contributed by atoms with van der Waals surface area (Å²) < 4.78 is 15.5. The van der Waals surface area contributed by atoms with E-state index in [1.54, 1.807) is 25.1 Å². The summed E-state index contributed by atoms with van der Waals surface area (Å²) in [5.74, 6) is 0.194. The van der Waals surface area contributed by atoms with Crippen molar-refractivity contribution in [2.45, 2.75) is 46.6 Å². The largest absolute Gasteiger partial charge is 0.349 e. The lowest BCUT2D eigenvalue weighted by Gasteiger charge is -2.45. The Kier molecular flexibility index (Phi) is 6.41. The molecule has 0 spiro atoms. The molecule has 0 saturated carbocycles. The van der Waals surface area contributed by atoms with Crippen LogP contribution in [0, 0.1) is 24.6 Å². The van der Waals surface area contributed by atoms with Gasteiger partial charge in [-0.3, -0.25) is 14.5 Å². The number of rotatable bonds is 5. The van der Waals surface area contributed by atoms with Crippen LogP contribution in [-0.2, 0) is 0 Å². The predicted octanol–water partition coefficient (Wildman–Crippen LogP) is 3.17. The summed E-state index contributed by atoms with van der Waals surface area (Å²) >= 11 is 0. The van der Waals surface area contributed by atoms with E-state index in [4.69, 9.17) is 0 Å². The SMILES string of the molecule is Cc1cc(=O)c(C(=O)NCC(C)(C)N2CC(C)CC(C)C2)nn1-c1ccccc1F. The molecule has 6 nitrogen and oxygen atoms in total. The number of carbonyl (C=O) groups excluding carboxylic acids is 1. The fourth-order valence-electron chi connectivity index (χ4n) is 4.22. The number of halogens is 1. The quantitative estimate of drug-likeness (QED) is 0.816. The predicted molar refractivity (Wildman–Crippen MR) is 115 cm³/mol. The number of hydrogen-bond acceptors (Lipinski definition) is 4. The zero-order valence-electron chi connectivity index (χ0n) is 18.4. The third-order valence-electron chi connectivity index (χ3n) is 5.81. The van der Waals surface area contributed by atoms with Gasteiger partial charge in [-0.1, -0.05) is 26.0 Å². The van der Waals surface area contributed by atoms with Gasteiger partial charge in [-0.05, 0) is 51.2 Å². The third kappa shape index (κ3) is 4.78. The van der Waals surface area contributed by atoms with Gasteiger partial charge in [0.05, 0.1) is 0 Å². The molecule has 7 heteroatoms. The highest BCUT2D eigenvalue weighted by Crippen LogP contribution is 2.26. The van der Waals surface area contributed by atoms with Gasteiger partial charge in [-0.25, -0.2) is 9.07 Å². The van der Waals surface area contributed by atoms with Crippen molar-refractivity contribution < 1.29 is 9.18 Å². The van der Waals surface area contributed by atoms with Crippen LogP contribution in [0.2, 0.25) is 0 Å². The van der Waals surface area contributed by atoms with E-state index >= 15 is 0 Å². The molecule has 3 rings (SSSR count). The molecule has 1 amide bonds. The molecule has 1 aromatic carbocycles. The monoisotopic (exact) mass is 414 g/mol. The average Bonchev–Trinajstić information content (AvgIpc) is 2.66. The Hall–Kier alpha value is -2.54. The molecule has 2 heterocycles. The summed E-state index contributed by atoms with van der Waals surface area (Å²) in [5.41, 5.74) is -0.317. The van der Waals surface area contributed by atoms with E-state index in [1.807, 2.05) is 0 Å². The number of amides is 1. The van der Waals surface area contributed by atoms with Crippen LogP contribution in [0.15, 0.2) is 35.1 Å². The minimum absolute atomic E-state index is 0.195. The molecular weight excluding hydrogens is 383 g/mol. The zero-order valence-corrected chi connectivity index (χ0v) is 18.4. The Bertz CT molecular complexity index is 975. The van der Waals surface area contributed by atoms with Crippen molar-refractivity contribution in [2.24, 2.45) is 11.8 Å². The Labute approximate surface area is 177 Å². The number of piperidine rings is 1. The second-order valence-electron chi connectivity index (χ2n) is 9.21. The van der Waals surface area contributed by atoms with Gasteiger partial charge >= 0.3 is 0 Å². The van der Waals surface area contributed by atoms with Crippen LogP contribution >= 0.6 is 0 Å². The van der Waals surface area contributed by atoms with Crippen LogP contribution in [-0.4, -0.2) is 45.8 Å². The van der Waals surface area contributed by atoms with Crippen molar-refractivity contribution in [3.8, 4) is 5.69 Å². The molecule has 162 valence electrons. The Morgan fingerprint density at radius 2 is 1.87 bits per heavy atom. The van der Waals surface area contributed by atoms with Gasteiger partial charge in [-0.2, -0.15) is 5.10 Å². The van der Waals surface area contributed by atoms with E-state index in [-0.39, 0.29) is 16.9 Å². The summed E-state index contributed by atoms with van der Waals surface area (Å²) in [5, 5.41) is 7.05. The minimum Gasteiger partial charge on any atom is -0.349 e. The van der Waals surface area contributed by atoms with Crippen molar-refractivity contribution in [1.82, 2.24) is 20.0 Å². The number of nitrogens with one attached hydrogen (secondary N) is 1. The number of aryl methyl sites for hydroxylation is 1. The van der Waals surface area contributed by atoms with Gasteiger partial charge < -0.3 is 5.32 Å². The number of nitrogens with zero attached hydrogens (tertiary/aromatic N) is 3. The third-order valence-corrected chi connectivity index (χ3v) is 5.81. The first-order chi connectivity index (χ1) is 14.1. The maximum absolute atomic E-state index is 14.2. The molecule has 1 saturated heterocycles. The molecule has 1 aliphatic rings. The first kappa shape index (κ1) is 22.2. The average molecular weight is 415 g/mol. The van der Waals surface area contributed by atoms with Crippen LogP contribution in [0.1, 0.15) is 50.3 Å². The van der Waals surface area contributed by atoms with E-state index in [0.717, 1.165) is 13.1 Å². The summed E-state index contributed by atoms with van der Waals surface area (Å²) in [4.78, 5) is 27.6. The lowest BCUT2D eigenvalue weighted by atomic mass is 9.88. The van der Waals surface area contributed by atoms with Gasteiger partial charge in [0.2, 0.25) is 5.43 Å². The van der Waals surface area contributed by atoms with Crippen LogP contribution in [0.25, 0.3) is 5.69 Å².